The third-order valence-electron chi connectivity index (χ3n) is 5.20. The average Bonchev–Trinajstić information content (AvgIpc) is 3.32. The molecule has 3 aromatic carbocycles. The summed E-state index contributed by atoms with van der Waals surface area (Å²) in [7, 11) is 0. The molecule has 8 heteroatoms. The van der Waals surface area contributed by atoms with Gasteiger partial charge < -0.3 is 0 Å². The van der Waals surface area contributed by atoms with Crippen LogP contribution in [0.4, 0.5) is 0 Å². The number of imide groups is 1. The van der Waals surface area contributed by atoms with Crippen LogP contribution in [0.15, 0.2) is 78.0 Å². The largest absolute Gasteiger partial charge is 0.270 e. The number of thioether (sulfide) groups is 1. The number of aryl methyl sites for hydroxylation is 1. The summed E-state index contributed by atoms with van der Waals surface area (Å²) in [4.78, 5) is 26.7. The summed E-state index contributed by atoms with van der Waals surface area (Å²) in [6.45, 7) is 2.02. The lowest BCUT2D eigenvalue weighted by Crippen LogP contribution is -2.29. The van der Waals surface area contributed by atoms with Crippen molar-refractivity contribution in [2.75, 3.05) is 5.88 Å². The zero-order valence-electron chi connectivity index (χ0n) is 17.0. The van der Waals surface area contributed by atoms with E-state index in [0.29, 0.717) is 27.1 Å². The number of rotatable bonds is 5. The molecular weight excluding hydrogens is 444 g/mol. The van der Waals surface area contributed by atoms with E-state index in [9.17, 15) is 9.59 Å². The standard InChI is InChI=1S/C24H17ClN4O2S/c1-15-5-4-6-18(13-15)29-21(16-9-11-17(25)12-10-16)26-27-24(29)32-14-28-22(30)19-7-2-3-8-20(19)23(28)31/h2-13H,14H2,1H3. The molecule has 0 fully saturated rings. The van der Waals surface area contributed by atoms with Gasteiger partial charge in [0.2, 0.25) is 0 Å². The van der Waals surface area contributed by atoms with Crippen molar-refractivity contribution >= 4 is 35.2 Å². The molecule has 0 saturated heterocycles. The van der Waals surface area contributed by atoms with Gasteiger partial charge in [-0.15, -0.1) is 10.2 Å². The summed E-state index contributed by atoms with van der Waals surface area (Å²) < 4.78 is 1.93. The van der Waals surface area contributed by atoms with Gasteiger partial charge in [0.1, 0.15) is 0 Å². The van der Waals surface area contributed by atoms with Crippen LogP contribution >= 0.6 is 23.4 Å². The van der Waals surface area contributed by atoms with Gasteiger partial charge in [-0.1, -0.05) is 47.6 Å². The predicted octanol–water partition coefficient (Wildman–Crippen LogP) is 5.24. The second kappa shape index (κ2) is 8.26. The van der Waals surface area contributed by atoms with E-state index in [1.165, 1.54) is 16.7 Å². The van der Waals surface area contributed by atoms with Crippen molar-refractivity contribution in [1.82, 2.24) is 19.7 Å². The average molecular weight is 461 g/mol. The molecule has 0 unspecified atom stereocenters. The molecule has 158 valence electrons. The minimum absolute atomic E-state index is 0.136. The van der Waals surface area contributed by atoms with E-state index < -0.39 is 0 Å². The molecular formula is C24H17ClN4O2S. The van der Waals surface area contributed by atoms with E-state index in [2.05, 4.69) is 10.2 Å². The Bertz CT molecular complexity index is 1320. The normalized spacial score (nSPS) is 13.0. The van der Waals surface area contributed by atoms with E-state index >= 15 is 0 Å². The molecule has 6 nitrogen and oxygen atoms in total. The summed E-state index contributed by atoms with van der Waals surface area (Å²) in [5, 5.41) is 10.00. The van der Waals surface area contributed by atoms with Crippen LogP contribution < -0.4 is 0 Å². The van der Waals surface area contributed by atoms with Crippen LogP contribution in [-0.2, 0) is 0 Å². The van der Waals surface area contributed by atoms with Crippen molar-refractivity contribution in [2.24, 2.45) is 0 Å². The van der Waals surface area contributed by atoms with Gasteiger partial charge in [-0.25, -0.2) is 0 Å². The van der Waals surface area contributed by atoms with Crippen molar-refractivity contribution < 1.29 is 9.59 Å². The smallest absolute Gasteiger partial charge is 0.262 e. The quantitative estimate of drug-likeness (QED) is 0.301. The van der Waals surface area contributed by atoms with Crippen LogP contribution in [0, 0.1) is 6.92 Å². The number of nitrogens with zero attached hydrogens (tertiary/aromatic N) is 4. The van der Waals surface area contributed by atoms with Crippen molar-refractivity contribution in [3.63, 3.8) is 0 Å². The molecule has 0 radical (unpaired) electrons. The minimum atomic E-state index is -0.294. The molecule has 0 aliphatic carbocycles. The van der Waals surface area contributed by atoms with Crippen molar-refractivity contribution in [2.45, 2.75) is 12.1 Å². The topological polar surface area (TPSA) is 68.1 Å². The van der Waals surface area contributed by atoms with Crippen LogP contribution in [0.1, 0.15) is 26.3 Å². The summed E-state index contributed by atoms with van der Waals surface area (Å²) >= 11 is 7.34. The highest BCUT2D eigenvalue weighted by Crippen LogP contribution is 2.31. The maximum absolute atomic E-state index is 12.7. The molecule has 1 aliphatic rings. The number of carbonyl (C=O) groups is 2. The highest BCUT2D eigenvalue weighted by atomic mass is 35.5. The fraction of sp³-hybridized carbons (Fsp3) is 0.0833. The lowest BCUT2D eigenvalue weighted by atomic mass is 10.1. The molecule has 1 aromatic heterocycles. The lowest BCUT2D eigenvalue weighted by Gasteiger charge is -2.15. The Labute approximate surface area is 193 Å². The second-order valence-electron chi connectivity index (χ2n) is 7.34. The Kier molecular flexibility index (Phi) is 5.28. The summed E-state index contributed by atoms with van der Waals surface area (Å²) in [5.74, 6) is 0.198. The molecule has 5 rings (SSSR count). The van der Waals surface area contributed by atoms with E-state index in [1.54, 1.807) is 36.4 Å². The van der Waals surface area contributed by atoms with E-state index in [-0.39, 0.29) is 17.7 Å². The van der Waals surface area contributed by atoms with Crippen molar-refractivity contribution in [3.05, 3.63) is 94.5 Å². The molecule has 0 spiro atoms. The summed E-state index contributed by atoms with van der Waals surface area (Å²) in [6.07, 6.45) is 0. The van der Waals surface area contributed by atoms with Gasteiger partial charge in [-0.05, 0) is 61.0 Å². The van der Waals surface area contributed by atoms with E-state index in [4.69, 9.17) is 11.6 Å². The first-order valence-electron chi connectivity index (χ1n) is 9.89. The lowest BCUT2D eigenvalue weighted by molar-refractivity contribution is 0.0684. The highest BCUT2D eigenvalue weighted by Gasteiger charge is 2.35. The Balaban J connectivity index is 1.50. The Morgan fingerprint density at radius 3 is 2.22 bits per heavy atom. The van der Waals surface area contributed by atoms with Crippen LogP contribution in [0.2, 0.25) is 5.02 Å². The van der Waals surface area contributed by atoms with Crippen molar-refractivity contribution in [1.29, 1.82) is 0 Å². The maximum Gasteiger partial charge on any atom is 0.262 e. The molecule has 0 atom stereocenters. The first-order valence-corrected chi connectivity index (χ1v) is 11.3. The number of fused-ring (bicyclic) bond motifs is 1. The van der Waals surface area contributed by atoms with Gasteiger partial charge in [0, 0.05) is 16.3 Å². The molecule has 2 amide bonds. The number of carbonyl (C=O) groups excluding carboxylic acids is 2. The number of aromatic nitrogens is 3. The van der Waals surface area contributed by atoms with Crippen LogP contribution in [-0.4, -0.2) is 37.4 Å². The van der Waals surface area contributed by atoms with E-state index in [0.717, 1.165) is 16.8 Å². The first-order chi connectivity index (χ1) is 15.5. The van der Waals surface area contributed by atoms with Gasteiger partial charge in [0.15, 0.2) is 11.0 Å². The number of hydrogen-bond acceptors (Lipinski definition) is 5. The van der Waals surface area contributed by atoms with Crippen LogP contribution in [0.3, 0.4) is 0 Å². The third kappa shape index (κ3) is 3.59. The molecule has 32 heavy (non-hydrogen) atoms. The zero-order valence-corrected chi connectivity index (χ0v) is 18.6. The zero-order chi connectivity index (χ0) is 22.2. The fourth-order valence-electron chi connectivity index (χ4n) is 3.63. The number of benzene rings is 3. The molecule has 1 aliphatic heterocycles. The Morgan fingerprint density at radius 2 is 1.56 bits per heavy atom. The van der Waals surface area contributed by atoms with Gasteiger partial charge in [0.05, 0.1) is 17.0 Å². The summed E-state index contributed by atoms with van der Waals surface area (Å²) in [5.41, 5.74) is 3.70. The van der Waals surface area contributed by atoms with Crippen LogP contribution in [0.25, 0.3) is 17.1 Å². The third-order valence-corrected chi connectivity index (χ3v) is 6.36. The van der Waals surface area contributed by atoms with Crippen molar-refractivity contribution in [3.8, 4) is 17.1 Å². The predicted molar refractivity (Wildman–Crippen MR) is 124 cm³/mol. The van der Waals surface area contributed by atoms with Gasteiger partial charge in [0.25, 0.3) is 11.8 Å². The first kappa shape index (κ1) is 20.5. The second-order valence-corrected chi connectivity index (χ2v) is 8.69. The van der Waals surface area contributed by atoms with E-state index in [1.807, 2.05) is 47.9 Å². The molecule has 2 heterocycles. The SMILES string of the molecule is Cc1cccc(-n2c(SCN3C(=O)c4ccccc4C3=O)nnc2-c2ccc(Cl)cc2)c1. The number of hydrogen-bond donors (Lipinski definition) is 0. The molecule has 0 saturated carbocycles. The fourth-order valence-corrected chi connectivity index (χ4v) is 4.65. The number of amides is 2. The van der Waals surface area contributed by atoms with Crippen LogP contribution in [0.5, 0.6) is 0 Å². The Morgan fingerprint density at radius 1 is 0.875 bits per heavy atom. The summed E-state index contributed by atoms with van der Waals surface area (Å²) in [6, 6.07) is 22.2. The highest BCUT2D eigenvalue weighted by molar-refractivity contribution is 7.99. The Hall–Kier alpha value is -3.42. The number of halogens is 1. The maximum atomic E-state index is 12.7. The molecule has 4 aromatic rings. The monoisotopic (exact) mass is 460 g/mol. The van der Waals surface area contributed by atoms with Gasteiger partial charge in [-0.3, -0.25) is 19.1 Å². The van der Waals surface area contributed by atoms with Gasteiger partial charge in [-0.2, -0.15) is 0 Å². The minimum Gasteiger partial charge on any atom is -0.270 e. The molecule has 0 bridgehead atoms. The van der Waals surface area contributed by atoms with Gasteiger partial charge >= 0.3 is 0 Å². The molecule has 0 N–H and O–H groups in total.